The topological polar surface area (TPSA) is 58.2 Å². The Labute approximate surface area is 134 Å². The Bertz CT molecular complexity index is 748. The number of halogens is 2. The molecule has 0 amide bonds. The van der Waals surface area contributed by atoms with E-state index in [1.807, 2.05) is 12.1 Å². The molecule has 2 aromatic carbocycles. The van der Waals surface area contributed by atoms with Gasteiger partial charge in [-0.25, -0.2) is 8.42 Å². The van der Waals surface area contributed by atoms with Gasteiger partial charge in [0.2, 0.25) is 0 Å². The summed E-state index contributed by atoms with van der Waals surface area (Å²) >= 11 is 11.8. The standard InChI is InChI=1S/C14H14Cl2N2O2S/c1-17-9-10-4-2-3-5-13(10)18-21(19,20)14-8-11(15)6-7-12(14)16/h2-8,17-18H,9H2,1H3. The summed E-state index contributed by atoms with van der Waals surface area (Å²) in [6, 6.07) is 11.5. The molecule has 4 nitrogen and oxygen atoms in total. The van der Waals surface area contributed by atoms with Crippen molar-refractivity contribution in [3.63, 3.8) is 0 Å². The zero-order valence-electron chi connectivity index (χ0n) is 11.2. The van der Waals surface area contributed by atoms with Gasteiger partial charge in [0.25, 0.3) is 10.0 Å². The molecule has 0 saturated heterocycles. The van der Waals surface area contributed by atoms with Crippen molar-refractivity contribution in [1.82, 2.24) is 5.32 Å². The molecule has 2 aromatic rings. The fourth-order valence-electron chi connectivity index (χ4n) is 1.85. The zero-order chi connectivity index (χ0) is 15.5. The Morgan fingerprint density at radius 2 is 1.81 bits per heavy atom. The Morgan fingerprint density at radius 1 is 1.10 bits per heavy atom. The predicted molar refractivity (Wildman–Crippen MR) is 86.5 cm³/mol. The van der Waals surface area contributed by atoms with Gasteiger partial charge in [0.05, 0.1) is 10.7 Å². The lowest BCUT2D eigenvalue weighted by molar-refractivity contribution is 0.601. The SMILES string of the molecule is CNCc1ccccc1NS(=O)(=O)c1cc(Cl)ccc1Cl. The van der Waals surface area contributed by atoms with Crippen LogP contribution in [-0.4, -0.2) is 15.5 Å². The molecule has 0 fully saturated rings. The summed E-state index contributed by atoms with van der Waals surface area (Å²) in [5.41, 5.74) is 1.34. The summed E-state index contributed by atoms with van der Waals surface area (Å²) in [5, 5.41) is 3.42. The molecule has 112 valence electrons. The first-order chi connectivity index (χ1) is 9.94. The molecule has 0 bridgehead atoms. The van der Waals surface area contributed by atoms with Crippen LogP contribution in [0.1, 0.15) is 5.56 Å². The predicted octanol–water partition coefficient (Wildman–Crippen LogP) is 3.51. The van der Waals surface area contributed by atoms with Gasteiger partial charge in [0, 0.05) is 11.6 Å². The summed E-state index contributed by atoms with van der Waals surface area (Å²) in [6.45, 7) is 0.544. The molecule has 21 heavy (non-hydrogen) atoms. The quantitative estimate of drug-likeness (QED) is 0.872. The average Bonchev–Trinajstić information content (AvgIpc) is 2.43. The molecule has 0 unspecified atom stereocenters. The number of hydrogen-bond acceptors (Lipinski definition) is 3. The maximum Gasteiger partial charge on any atom is 0.263 e. The minimum Gasteiger partial charge on any atom is -0.316 e. The second-order valence-corrected chi connectivity index (χ2v) is 6.86. The Kier molecular flexibility index (Phi) is 5.11. The van der Waals surface area contributed by atoms with Gasteiger partial charge in [0.15, 0.2) is 0 Å². The summed E-state index contributed by atoms with van der Waals surface area (Å²) in [7, 11) is -2.01. The van der Waals surface area contributed by atoms with Gasteiger partial charge in [-0.05, 0) is 36.9 Å². The van der Waals surface area contributed by atoms with Gasteiger partial charge in [-0.1, -0.05) is 41.4 Å². The van der Waals surface area contributed by atoms with Crippen molar-refractivity contribution in [3.05, 3.63) is 58.1 Å². The van der Waals surface area contributed by atoms with E-state index in [1.54, 1.807) is 19.2 Å². The molecule has 0 radical (unpaired) electrons. The highest BCUT2D eigenvalue weighted by Crippen LogP contribution is 2.27. The van der Waals surface area contributed by atoms with E-state index < -0.39 is 10.0 Å². The van der Waals surface area contributed by atoms with Crippen molar-refractivity contribution in [3.8, 4) is 0 Å². The molecule has 0 aliphatic rings. The minimum absolute atomic E-state index is 0.0454. The normalized spacial score (nSPS) is 11.4. The second-order valence-electron chi connectivity index (χ2n) is 4.37. The number of sulfonamides is 1. The van der Waals surface area contributed by atoms with Crippen LogP contribution in [0.15, 0.2) is 47.4 Å². The highest BCUT2D eigenvalue weighted by molar-refractivity contribution is 7.92. The summed E-state index contributed by atoms with van der Waals surface area (Å²) < 4.78 is 27.5. The van der Waals surface area contributed by atoms with Gasteiger partial charge in [-0.2, -0.15) is 0 Å². The minimum atomic E-state index is -3.80. The van der Waals surface area contributed by atoms with E-state index >= 15 is 0 Å². The monoisotopic (exact) mass is 344 g/mol. The third kappa shape index (κ3) is 3.89. The van der Waals surface area contributed by atoms with Gasteiger partial charge in [-0.15, -0.1) is 0 Å². The van der Waals surface area contributed by atoms with E-state index in [1.165, 1.54) is 18.2 Å². The molecule has 2 rings (SSSR count). The number of para-hydroxylation sites is 1. The maximum atomic E-state index is 12.5. The number of nitrogens with one attached hydrogen (secondary N) is 2. The van der Waals surface area contributed by atoms with E-state index in [9.17, 15) is 8.42 Å². The van der Waals surface area contributed by atoms with Crippen molar-refractivity contribution in [2.45, 2.75) is 11.4 Å². The molecule has 0 atom stereocenters. The highest BCUT2D eigenvalue weighted by Gasteiger charge is 2.19. The van der Waals surface area contributed by atoms with Crippen molar-refractivity contribution >= 4 is 38.9 Å². The molecule has 2 N–H and O–H groups in total. The lowest BCUT2D eigenvalue weighted by Gasteiger charge is -2.13. The molecule has 0 aliphatic heterocycles. The Hall–Kier alpha value is -1.27. The smallest absolute Gasteiger partial charge is 0.263 e. The third-order valence-corrected chi connectivity index (χ3v) is 4.89. The number of rotatable bonds is 5. The van der Waals surface area contributed by atoms with Crippen LogP contribution in [0.2, 0.25) is 10.0 Å². The molecule has 7 heteroatoms. The van der Waals surface area contributed by atoms with E-state index in [0.29, 0.717) is 17.3 Å². The van der Waals surface area contributed by atoms with Crippen molar-refractivity contribution in [1.29, 1.82) is 0 Å². The number of anilines is 1. The van der Waals surface area contributed by atoms with Crippen LogP contribution >= 0.6 is 23.2 Å². The molecule has 0 heterocycles. The van der Waals surface area contributed by atoms with Crippen LogP contribution in [0, 0.1) is 0 Å². The summed E-state index contributed by atoms with van der Waals surface area (Å²) in [4.78, 5) is -0.0454. The second kappa shape index (κ2) is 6.66. The Balaban J connectivity index is 2.40. The lowest BCUT2D eigenvalue weighted by atomic mass is 10.2. The first-order valence-electron chi connectivity index (χ1n) is 6.14. The molecule has 0 saturated carbocycles. The van der Waals surface area contributed by atoms with Crippen molar-refractivity contribution in [2.24, 2.45) is 0 Å². The Morgan fingerprint density at radius 3 is 2.52 bits per heavy atom. The lowest BCUT2D eigenvalue weighted by Crippen LogP contribution is -2.16. The first kappa shape index (κ1) is 16.1. The number of hydrogen-bond donors (Lipinski definition) is 2. The van der Waals surface area contributed by atoms with E-state index in [4.69, 9.17) is 23.2 Å². The van der Waals surface area contributed by atoms with Gasteiger partial charge in [0.1, 0.15) is 4.90 Å². The van der Waals surface area contributed by atoms with Crippen LogP contribution in [0.5, 0.6) is 0 Å². The van der Waals surface area contributed by atoms with Crippen LogP contribution in [0.4, 0.5) is 5.69 Å². The van der Waals surface area contributed by atoms with E-state index in [0.717, 1.165) is 5.56 Å². The van der Waals surface area contributed by atoms with Crippen molar-refractivity contribution in [2.75, 3.05) is 11.8 Å². The van der Waals surface area contributed by atoms with Crippen LogP contribution in [0.25, 0.3) is 0 Å². The van der Waals surface area contributed by atoms with Crippen molar-refractivity contribution < 1.29 is 8.42 Å². The number of benzene rings is 2. The van der Waals surface area contributed by atoms with E-state index in [-0.39, 0.29) is 9.92 Å². The van der Waals surface area contributed by atoms with Crippen LogP contribution in [0.3, 0.4) is 0 Å². The summed E-state index contributed by atoms with van der Waals surface area (Å²) in [6.07, 6.45) is 0. The zero-order valence-corrected chi connectivity index (χ0v) is 13.6. The molecule has 0 aromatic heterocycles. The van der Waals surface area contributed by atoms with Gasteiger partial charge >= 0.3 is 0 Å². The molecule has 0 spiro atoms. The third-order valence-electron chi connectivity index (χ3n) is 2.81. The highest BCUT2D eigenvalue weighted by atomic mass is 35.5. The van der Waals surface area contributed by atoms with Crippen LogP contribution < -0.4 is 10.0 Å². The van der Waals surface area contributed by atoms with Crippen LogP contribution in [-0.2, 0) is 16.6 Å². The van der Waals surface area contributed by atoms with Gasteiger partial charge < -0.3 is 5.32 Å². The molecular formula is C14H14Cl2N2O2S. The maximum absolute atomic E-state index is 12.5. The fourth-order valence-corrected chi connectivity index (χ4v) is 3.71. The largest absolute Gasteiger partial charge is 0.316 e. The van der Waals surface area contributed by atoms with E-state index in [2.05, 4.69) is 10.0 Å². The molecular weight excluding hydrogens is 331 g/mol. The first-order valence-corrected chi connectivity index (χ1v) is 8.38. The average molecular weight is 345 g/mol. The fraction of sp³-hybridized carbons (Fsp3) is 0.143. The molecule has 0 aliphatic carbocycles. The summed E-state index contributed by atoms with van der Waals surface area (Å²) in [5.74, 6) is 0. The van der Waals surface area contributed by atoms with Gasteiger partial charge in [-0.3, -0.25) is 4.72 Å².